The normalized spacial score (nSPS) is 14.7. The molecule has 0 saturated heterocycles. The number of methoxy groups -OCH3 is 1. The van der Waals surface area contributed by atoms with Gasteiger partial charge in [-0.15, -0.1) is 0 Å². The fourth-order valence-electron chi connectivity index (χ4n) is 5.36. The first-order chi connectivity index (χ1) is 21.4. The van der Waals surface area contributed by atoms with E-state index in [0.717, 1.165) is 27.5 Å². The van der Waals surface area contributed by atoms with Gasteiger partial charge < -0.3 is 14.2 Å². The number of benzene rings is 4. The van der Waals surface area contributed by atoms with Crippen LogP contribution in [0.3, 0.4) is 0 Å². The van der Waals surface area contributed by atoms with Gasteiger partial charge in [0.05, 0.1) is 35.6 Å². The summed E-state index contributed by atoms with van der Waals surface area (Å²) >= 11 is 7.27. The molecule has 1 aromatic heterocycles. The molecule has 2 heterocycles. The molecule has 0 N–H and O–H groups in total. The molecular formula is C35H29ClN2O5S. The van der Waals surface area contributed by atoms with Gasteiger partial charge in [-0.2, -0.15) is 0 Å². The molecule has 9 heteroatoms. The molecule has 0 radical (unpaired) electrons. The van der Waals surface area contributed by atoms with Crippen molar-refractivity contribution in [2.75, 3.05) is 13.7 Å². The monoisotopic (exact) mass is 624 g/mol. The highest BCUT2D eigenvalue weighted by atomic mass is 35.5. The van der Waals surface area contributed by atoms with E-state index in [4.69, 9.17) is 30.8 Å². The number of carbonyl (C=O) groups is 1. The molecule has 7 nitrogen and oxygen atoms in total. The molecule has 1 atom stereocenters. The molecule has 0 fully saturated rings. The lowest BCUT2D eigenvalue weighted by molar-refractivity contribution is -0.139. The highest BCUT2D eigenvalue weighted by molar-refractivity contribution is 7.07. The number of thiazole rings is 1. The highest BCUT2D eigenvalue weighted by Crippen LogP contribution is 2.35. The summed E-state index contributed by atoms with van der Waals surface area (Å²) in [5.74, 6) is 0.626. The maximum atomic E-state index is 14.1. The van der Waals surface area contributed by atoms with E-state index in [0.29, 0.717) is 43.7 Å². The number of rotatable bonds is 8. The lowest BCUT2D eigenvalue weighted by Gasteiger charge is -2.25. The Morgan fingerprint density at radius 2 is 1.80 bits per heavy atom. The van der Waals surface area contributed by atoms with Crippen LogP contribution in [0.4, 0.5) is 0 Å². The van der Waals surface area contributed by atoms with Crippen molar-refractivity contribution in [1.82, 2.24) is 4.57 Å². The third kappa shape index (κ3) is 5.66. The van der Waals surface area contributed by atoms with Crippen LogP contribution >= 0.6 is 22.9 Å². The Morgan fingerprint density at radius 3 is 2.57 bits per heavy atom. The van der Waals surface area contributed by atoms with Crippen LogP contribution < -0.4 is 24.4 Å². The van der Waals surface area contributed by atoms with Gasteiger partial charge in [-0.05, 0) is 71.7 Å². The first-order valence-electron chi connectivity index (χ1n) is 14.1. The van der Waals surface area contributed by atoms with Crippen molar-refractivity contribution in [2.45, 2.75) is 26.5 Å². The molecule has 44 heavy (non-hydrogen) atoms. The minimum absolute atomic E-state index is 0.212. The van der Waals surface area contributed by atoms with E-state index >= 15 is 0 Å². The van der Waals surface area contributed by atoms with E-state index < -0.39 is 12.0 Å². The van der Waals surface area contributed by atoms with Crippen LogP contribution in [-0.2, 0) is 16.1 Å². The van der Waals surface area contributed by atoms with Crippen LogP contribution in [0.15, 0.2) is 106 Å². The van der Waals surface area contributed by atoms with E-state index in [1.54, 1.807) is 31.6 Å². The van der Waals surface area contributed by atoms with Gasteiger partial charge in [0.25, 0.3) is 5.56 Å². The molecular weight excluding hydrogens is 596 g/mol. The number of carbonyl (C=O) groups excluding carboxylic acids is 1. The van der Waals surface area contributed by atoms with E-state index in [-0.39, 0.29) is 12.2 Å². The molecule has 0 saturated carbocycles. The fourth-order valence-corrected chi connectivity index (χ4v) is 6.53. The second-order valence-electron chi connectivity index (χ2n) is 10.2. The van der Waals surface area contributed by atoms with E-state index in [9.17, 15) is 9.59 Å². The van der Waals surface area contributed by atoms with Crippen LogP contribution in [0.2, 0.25) is 5.02 Å². The lowest BCUT2D eigenvalue weighted by atomic mass is 9.91. The zero-order valence-corrected chi connectivity index (χ0v) is 25.9. The number of esters is 1. The summed E-state index contributed by atoms with van der Waals surface area (Å²) in [5.41, 5.74) is 3.19. The zero-order chi connectivity index (χ0) is 30.8. The molecule has 0 bridgehead atoms. The summed E-state index contributed by atoms with van der Waals surface area (Å²) in [6.07, 6.45) is 1.80. The van der Waals surface area contributed by atoms with Crippen molar-refractivity contribution in [2.24, 2.45) is 4.99 Å². The van der Waals surface area contributed by atoms with Crippen molar-refractivity contribution < 1.29 is 19.0 Å². The molecule has 5 aromatic rings. The van der Waals surface area contributed by atoms with Crippen LogP contribution in [0.1, 0.15) is 36.6 Å². The van der Waals surface area contributed by atoms with Crippen LogP contribution in [0, 0.1) is 0 Å². The van der Waals surface area contributed by atoms with Crippen LogP contribution in [0.5, 0.6) is 11.5 Å². The Labute approximate surface area is 262 Å². The van der Waals surface area contributed by atoms with Gasteiger partial charge in [0.1, 0.15) is 6.61 Å². The van der Waals surface area contributed by atoms with Crippen LogP contribution in [0.25, 0.3) is 16.8 Å². The summed E-state index contributed by atoms with van der Waals surface area (Å²) in [4.78, 5) is 32.7. The average Bonchev–Trinajstić information content (AvgIpc) is 3.33. The van der Waals surface area contributed by atoms with Crippen molar-refractivity contribution >= 4 is 45.8 Å². The first-order valence-corrected chi connectivity index (χ1v) is 15.3. The van der Waals surface area contributed by atoms with Crippen molar-refractivity contribution in [3.63, 3.8) is 0 Å². The second kappa shape index (κ2) is 12.5. The standard InChI is InChI=1S/C35H29ClN2O5S/c1-4-42-34(40)31-21(2)37-35-38(32(31)27-11-7-9-24-8-5-6-10-26(24)27)33(39)30(44-35)19-23-14-17-28(29(18-23)41-3)43-20-22-12-15-25(36)16-13-22/h5-19,32H,4,20H2,1-3H3/b30-19-/t32-/m0/s1. The SMILES string of the molecule is CCOC(=O)C1=C(C)N=c2s/c(=C\c3ccc(OCc4ccc(Cl)cc4)c(OC)c3)c(=O)n2[C@H]1c1cccc2ccccc12. The minimum Gasteiger partial charge on any atom is -0.493 e. The van der Waals surface area contributed by atoms with E-state index in [1.165, 1.54) is 11.3 Å². The number of nitrogens with zero attached hydrogens (tertiary/aromatic N) is 2. The van der Waals surface area contributed by atoms with Gasteiger partial charge in [0.15, 0.2) is 16.3 Å². The predicted molar refractivity (Wildman–Crippen MR) is 173 cm³/mol. The van der Waals surface area contributed by atoms with E-state index in [2.05, 4.69) is 0 Å². The molecule has 0 aliphatic carbocycles. The molecule has 0 unspecified atom stereocenters. The molecule has 1 aliphatic rings. The molecule has 0 amide bonds. The quantitative estimate of drug-likeness (QED) is 0.192. The minimum atomic E-state index is -0.697. The molecule has 1 aliphatic heterocycles. The second-order valence-corrected chi connectivity index (χ2v) is 11.6. The molecule has 0 spiro atoms. The fraction of sp³-hybridized carbons (Fsp3) is 0.171. The van der Waals surface area contributed by atoms with Gasteiger partial charge in [0.2, 0.25) is 0 Å². The Balaban J connectivity index is 1.43. The topological polar surface area (TPSA) is 79.1 Å². The van der Waals surface area contributed by atoms with Crippen LogP contribution in [-0.4, -0.2) is 24.3 Å². The largest absolute Gasteiger partial charge is 0.493 e. The number of halogens is 1. The summed E-state index contributed by atoms with van der Waals surface area (Å²) < 4.78 is 19.2. The highest BCUT2D eigenvalue weighted by Gasteiger charge is 2.34. The molecule has 222 valence electrons. The number of allylic oxidation sites excluding steroid dienone is 1. The first kappa shape index (κ1) is 29.4. The Hall–Kier alpha value is -4.66. The predicted octanol–water partition coefficient (Wildman–Crippen LogP) is 6.19. The maximum absolute atomic E-state index is 14.1. The Morgan fingerprint density at radius 1 is 1.02 bits per heavy atom. The number of hydrogen-bond donors (Lipinski definition) is 0. The Bertz CT molecular complexity index is 2090. The van der Waals surface area contributed by atoms with Crippen molar-refractivity contribution in [3.05, 3.63) is 138 Å². The number of fused-ring (bicyclic) bond motifs is 2. The third-order valence-corrected chi connectivity index (χ3v) is 8.66. The average molecular weight is 625 g/mol. The number of ether oxygens (including phenoxy) is 3. The summed E-state index contributed by atoms with van der Waals surface area (Å²) in [6.45, 7) is 4.11. The maximum Gasteiger partial charge on any atom is 0.338 e. The third-order valence-electron chi connectivity index (χ3n) is 7.43. The summed E-state index contributed by atoms with van der Waals surface area (Å²) in [5, 5.41) is 2.62. The summed E-state index contributed by atoms with van der Waals surface area (Å²) in [6, 6.07) is 26.1. The van der Waals surface area contributed by atoms with Crippen molar-refractivity contribution in [3.8, 4) is 11.5 Å². The molecule has 6 rings (SSSR count). The van der Waals surface area contributed by atoms with Gasteiger partial charge in [-0.1, -0.05) is 83.6 Å². The number of aromatic nitrogens is 1. The van der Waals surface area contributed by atoms with Gasteiger partial charge >= 0.3 is 5.97 Å². The lowest BCUT2D eigenvalue weighted by Crippen LogP contribution is -2.40. The Kier molecular flexibility index (Phi) is 8.37. The van der Waals surface area contributed by atoms with Gasteiger partial charge in [-0.3, -0.25) is 9.36 Å². The van der Waals surface area contributed by atoms with Gasteiger partial charge in [-0.25, -0.2) is 9.79 Å². The smallest absolute Gasteiger partial charge is 0.338 e. The van der Waals surface area contributed by atoms with Crippen molar-refractivity contribution in [1.29, 1.82) is 0 Å². The zero-order valence-electron chi connectivity index (χ0n) is 24.4. The number of hydrogen-bond acceptors (Lipinski definition) is 7. The van der Waals surface area contributed by atoms with Gasteiger partial charge in [0, 0.05) is 5.02 Å². The summed E-state index contributed by atoms with van der Waals surface area (Å²) in [7, 11) is 1.58. The molecule has 4 aromatic carbocycles. The van der Waals surface area contributed by atoms with E-state index in [1.807, 2.05) is 84.9 Å².